The van der Waals surface area contributed by atoms with Gasteiger partial charge in [0.25, 0.3) is 0 Å². The first-order chi connectivity index (χ1) is 22.0. The zero-order valence-corrected chi connectivity index (χ0v) is 26.8. The second-order valence-corrected chi connectivity index (χ2v) is 12.8. The van der Waals surface area contributed by atoms with Gasteiger partial charge in [-0.1, -0.05) is 99.6 Å². The van der Waals surface area contributed by atoms with Crippen LogP contribution in [0.1, 0.15) is 49.9 Å². The van der Waals surface area contributed by atoms with Crippen molar-refractivity contribution in [1.29, 1.82) is 0 Å². The van der Waals surface area contributed by atoms with Crippen molar-refractivity contribution in [2.75, 3.05) is 13.7 Å². The third kappa shape index (κ3) is 9.31. The Kier molecular flexibility index (Phi) is 11.8. The van der Waals surface area contributed by atoms with Crippen LogP contribution >= 0.6 is 0 Å². The van der Waals surface area contributed by atoms with Gasteiger partial charge in [-0.25, -0.2) is 4.79 Å². The van der Waals surface area contributed by atoms with Crippen LogP contribution in [0.15, 0.2) is 84.9 Å². The number of carbonyl (C=O) groups excluding carboxylic acids is 3. The number of aliphatic hydroxyl groups is 2. The molecule has 3 amide bonds. The molecule has 0 saturated heterocycles. The minimum atomic E-state index is -1.14. The molecule has 4 rings (SSSR count). The van der Waals surface area contributed by atoms with Crippen molar-refractivity contribution < 1.29 is 34.1 Å². The average molecular weight is 632 g/mol. The smallest absolute Gasteiger partial charge is 0.407 e. The molecule has 3 aromatic carbocycles. The predicted octanol–water partition coefficient (Wildman–Crippen LogP) is 3.71. The molecule has 10 nitrogen and oxygen atoms in total. The monoisotopic (exact) mass is 631 g/mol. The summed E-state index contributed by atoms with van der Waals surface area (Å²) in [6, 6.07) is 23.8. The molecule has 0 aliphatic carbocycles. The van der Waals surface area contributed by atoms with E-state index in [0.717, 1.165) is 11.1 Å². The quantitative estimate of drug-likeness (QED) is 0.205. The number of para-hydroxylation sites is 1. The number of fused-ring (bicyclic) bond motifs is 1. The maximum absolute atomic E-state index is 14.0. The summed E-state index contributed by atoms with van der Waals surface area (Å²) >= 11 is 0. The Balaban J connectivity index is 1.60. The number of nitrogens with one attached hydrogen (secondary N) is 3. The molecule has 0 bridgehead atoms. The fraction of sp³-hybridized carbons (Fsp3) is 0.417. The van der Waals surface area contributed by atoms with Crippen molar-refractivity contribution in [3.8, 4) is 5.75 Å². The summed E-state index contributed by atoms with van der Waals surface area (Å²) in [7, 11) is 1.23. The Morgan fingerprint density at radius 3 is 2.07 bits per heavy atom. The van der Waals surface area contributed by atoms with E-state index in [0.29, 0.717) is 17.7 Å². The molecule has 1 aliphatic rings. The summed E-state index contributed by atoms with van der Waals surface area (Å²) in [4.78, 5) is 39.8. The van der Waals surface area contributed by atoms with E-state index in [1.807, 2.05) is 99.6 Å². The van der Waals surface area contributed by atoms with Gasteiger partial charge in [-0.15, -0.1) is 0 Å². The third-order valence-electron chi connectivity index (χ3n) is 8.23. The molecular formula is C36H45N3O7. The number of methoxy groups -OCH3 is 1. The number of rotatable bonds is 12. The fourth-order valence-corrected chi connectivity index (χ4v) is 5.70. The number of hydrogen-bond acceptors (Lipinski definition) is 7. The molecule has 5 N–H and O–H groups in total. The number of carbonyl (C=O) groups is 3. The van der Waals surface area contributed by atoms with Gasteiger partial charge in [-0.2, -0.15) is 0 Å². The van der Waals surface area contributed by atoms with Crippen molar-refractivity contribution >= 4 is 17.9 Å². The van der Waals surface area contributed by atoms with Gasteiger partial charge in [0, 0.05) is 11.5 Å². The van der Waals surface area contributed by atoms with Crippen LogP contribution in [-0.2, 0) is 27.2 Å². The van der Waals surface area contributed by atoms with E-state index < -0.39 is 53.7 Å². The van der Waals surface area contributed by atoms with Gasteiger partial charge in [-0.05, 0) is 41.9 Å². The highest BCUT2D eigenvalue weighted by atomic mass is 16.5. The summed E-state index contributed by atoms with van der Waals surface area (Å²) < 4.78 is 10.4. The van der Waals surface area contributed by atoms with E-state index in [1.165, 1.54) is 7.11 Å². The van der Waals surface area contributed by atoms with Crippen molar-refractivity contribution in [3.05, 3.63) is 102 Å². The normalized spacial score (nSPS) is 18.5. The van der Waals surface area contributed by atoms with Crippen LogP contribution in [0.25, 0.3) is 0 Å². The Morgan fingerprint density at radius 1 is 0.870 bits per heavy atom. The topological polar surface area (TPSA) is 146 Å². The lowest BCUT2D eigenvalue weighted by Crippen LogP contribution is -2.57. The molecule has 0 radical (unpaired) electrons. The second kappa shape index (κ2) is 15.7. The zero-order valence-electron chi connectivity index (χ0n) is 26.8. The first-order valence-electron chi connectivity index (χ1n) is 15.6. The molecule has 246 valence electrons. The molecule has 0 saturated carbocycles. The number of aliphatic hydroxyl groups excluding tert-OH is 2. The van der Waals surface area contributed by atoms with Crippen molar-refractivity contribution in [1.82, 2.24) is 16.0 Å². The van der Waals surface area contributed by atoms with Crippen LogP contribution in [0.3, 0.4) is 0 Å². The maximum atomic E-state index is 14.0. The molecule has 3 aromatic rings. The van der Waals surface area contributed by atoms with Gasteiger partial charge in [0.2, 0.25) is 11.8 Å². The van der Waals surface area contributed by atoms with Gasteiger partial charge in [0.1, 0.15) is 24.5 Å². The fourth-order valence-electron chi connectivity index (χ4n) is 5.70. The van der Waals surface area contributed by atoms with Gasteiger partial charge in [0.05, 0.1) is 25.3 Å². The molecule has 6 atom stereocenters. The van der Waals surface area contributed by atoms with Crippen LogP contribution < -0.4 is 20.7 Å². The molecule has 0 fully saturated rings. The van der Waals surface area contributed by atoms with Crippen LogP contribution in [0.2, 0.25) is 0 Å². The van der Waals surface area contributed by atoms with E-state index in [-0.39, 0.29) is 25.4 Å². The van der Waals surface area contributed by atoms with Crippen LogP contribution in [0, 0.1) is 11.3 Å². The standard InChI is InChI=1S/C36H45N3O7/c1-36(2,3)32(39-35(44)45-4)34(43)37-27(20-24-15-9-6-10-16-24)28(40)21-25(19-23-13-7-5-8-14-23)33(42)38-31-26-17-11-12-18-30(26)46-22-29(31)41/h5-18,25,27-29,31-32,40-41H,19-22H2,1-4H3,(H,37,43)(H,38,42)(H,39,44)/t25-,27+,28+,29-,31+,32-/m1/s1. The summed E-state index contributed by atoms with van der Waals surface area (Å²) in [6.07, 6.45) is -2.21. The first-order valence-corrected chi connectivity index (χ1v) is 15.6. The van der Waals surface area contributed by atoms with Gasteiger partial charge >= 0.3 is 6.09 Å². The van der Waals surface area contributed by atoms with E-state index in [4.69, 9.17) is 9.47 Å². The molecule has 0 spiro atoms. The molecule has 46 heavy (non-hydrogen) atoms. The number of amides is 3. The predicted molar refractivity (Wildman–Crippen MR) is 174 cm³/mol. The van der Waals surface area contributed by atoms with Crippen LogP contribution in [-0.4, -0.2) is 66.1 Å². The van der Waals surface area contributed by atoms with Crippen molar-refractivity contribution in [3.63, 3.8) is 0 Å². The zero-order chi connectivity index (χ0) is 33.3. The highest BCUT2D eigenvalue weighted by Gasteiger charge is 2.37. The first kappa shape index (κ1) is 34.5. The second-order valence-electron chi connectivity index (χ2n) is 12.8. The summed E-state index contributed by atoms with van der Waals surface area (Å²) in [5, 5.41) is 31.2. The molecule has 1 aliphatic heterocycles. The lowest BCUT2D eigenvalue weighted by atomic mass is 9.85. The highest BCUT2D eigenvalue weighted by molar-refractivity contribution is 5.86. The van der Waals surface area contributed by atoms with Crippen LogP contribution in [0.4, 0.5) is 4.79 Å². The number of alkyl carbamates (subject to hydrolysis) is 1. The van der Waals surface area contributed by atoms with E-state index in [2.05, 4.69) is 16.0 Å². The Labute approximate surface area is 270 Å². The number of benzene rings is 3. The lowest BCUT2D eigenvalue weighted by Gasteiger charge is -2.34. The minimum absolute atomic E-state index is 0.0179. The molecular weight excluding hydrogens is 586 g/mol. The summed E-state index contributed by atoms with van der Waals surface area (Å²) in [6.45, 7) is 5.49. The number of ether oxygens (including phenoxy) is 2. The van der Waals surface area contributed by atoms with E-state index in [1.54, 1.807) is 6.07 Å². The van der Waals surface area contributed by atoms with E-state index >= 15 is 0 Å². The minimum Gasteiger partial charge on any atom is -0.490 e. The highest BCUT2D eigenvalue weighted by Crippen LogP contribution is 2.32. The Hall–Kier alpha value is -4.41. The average Bonchev–Trinajstić information content (AvgIpc) is 3.04. The molecule has 10 heteroatoms. The number of hydrogen-bond donors (Lipinski definition) is 5. The van der Waals surface area contributed by atoms with Crippen molar-refractivity contribution in [2.45, 2.75) is 70.4 Å². The molecule has 1 heterocycles. The largest absolute Gasteiger partial charge is 0.490 e. The maximum Gasteiger partial charge on any atom is 0.407 e. The van der Waals surface area contributed by atoms with Gasteiger partial charge in [0.15, 0.2) is 0 Å². The Bertz CT molecular complexity index is 1440. The van der Waals surface area contributed by atoms with Gasteiger partial charge in [-0.3, -0.25) is 9.59 Å². The SMILES string of the molecule is COC(=O)N[C@H](C(=O)N[C@@H](Cc1ccccc1)[C@@H](O)C[C@@H](Cc1ccccc1)C(=O)N[C@H]1c2ccccc2OC[C@H]1O)C(C)(C)C. The lowest BCUT2D eigenvalue weighted by molar-refractivity contribution is -0.128. The summed E-state index contributed by atoms with van der Waals surface area (Å²) in [5.41, 5.74) is 1.79. The summed E-state index contributed by atoms with van der Waals surface area (Å²) in [5.74, 6) is -0.934. The molecule has 0 aromatic heterocycles. The third-order valence-corrected chi connectivity index (χ3v) is 8.23. The molecule has 0 unspecified atom stereocenters. The Morgan fingerprint density at radius 2 is 1.46 bits per heavy atom. The van der Waals surface area contributed by atoms with E-state index in [9.17, 15) is 24.6 Å². The van der Waals surface area contributed by atoms with Gasteiger partial charge < -0.3 is 35.6 Å². The van der Waals surface area contributed by atoms with Crippen LogP contribution in [0.5, 0.6) is 5.75 Å². The van der Waals surface area contributed by atoms with Crippen molar-refractivity contribution in [2.24, 2.45) is 11.3 Å².